The molecule has 96 valence electrons. The van der Waals surface area contributed by atoms with Gasteiger partial charge in [0.2, 0.25) is 0 Å². The minimum absolute atomic E-state index is 0.373. The van der Waals surface area contributed by atoms with E-state index in [1.165, 1.54) is 38.5 Å². The third kappa shape index (κ3) is 2.29. The van der Waals surface area contributed by atoms with Crippen molar-refractivity contribution in [2.75, 3.05) is 0 Å². The van der Waals surface area contributed by atoms with Gasteiger partial charge in [-0.25, -0.2) is 0 Å². The van der Waals surface area contributed by atoms with E-state index >= 15 is 0 Å². The molecule has 0 aromatic heterocycles. The van der Waals surface area contributed by atoms with Gasteiger partial charge in [0.05, 0.1) is 6.04 Å². The fourth-order valence-corrected chi connectivity index (χ4v) is 3.15. The Hall–Kier alpha value is -1.31. The summed E-state index contributed by atoms with van der Waals surface area (Å²) in [5, 5.41) is 9.95. The van der Waals surface area contributed by atoms with Gasteiger partial charge >= 0.3 is 0 Å². The molecule has 2 heteroatoms. The molecule has 1 spiro atoms. The molecular weight excluding hydrogens is 222 g/mol. The maximum atomic E-state index is 9.95. The lowest BCUT2D eigenvalue weighted by Gasteiger charge is -2.26. The molecule has 0 aliphatic heterocycles. The van der Waals surface area contributed by atoms with Crippen LogP contribution in [0.15, 0.2) is 23.2 Å². The number of hydrogen-bond donors (Lipinski definition) is 1. The fraction of sp³-hybridized carbons (Fsp3) is 0.562. The summed E-state index contributed by atoms with van der Waals surface area (Å²) in [5.74, 6) is 0.373. The molecular formula is C16H21NO. The molecule has 2 nitrogen and oxygen atoms in total. The van der Waals surface area contributed by atoms with Crippen molar-refractivity contribution in [3.8, 4) is 5.75 Å². The summed E-state index contributed by atoms with van der Waals surface area (Å²) in [6, 6.07) is 6.30. The molecule has 2 fully saturated rings. The van der Waals surface area contributed by atoms with Gasteiger partial charge in [0, 0.05) is 11.8 Å². The number of phenolic OH excluding ortho intramolecular Hbond substituents is 1. The Balaban J connectivity index is 1.71. The second-order valence-electron chi connectivity index (χ2n) is 6.04. The van der Waals surface area contributed by atoms with E-state index in [2.05, 4.69) is 0 Å². The quantitative estimate of drug-likeness (QED) is 0.786. The summed E-state index contributed by atoms with van der Waals surface area (Å²) in [5.41, 5.74) is 2.43. The molecule has 1 N–H and O–H groups in total. The number of phenols is 1. The average Bonchev–Trinajstić information content (AvgIpc) is 3.10. The highest BCUT2D eigenvalue weighted by molar-refractivity contribution is 5.84. The van der Waals surface area contributed by atoms with Crippen molar-refractivity contribution in [1.82, 2.24) is 0 Å². The molecule has 1 atom stereocenters. The van der Waals surface area contributed by atoms with Gasteiger partial charge in [-0.3, -0.25) is 4.99 Å². The molecule has 18 heavy (non-hydrogen) atoms. The van der Waals surface area contributed by atoms with E-state index in [-0.39, 0.29) is 0 Å². The Labute approximate surface area is 109 Å². The third-order valence-electron chi connectivity index (χ3n) is 4.56. The van der Waals surface area contributed by atoms with Gasteiger partial charge in [0.15, 0.2) is 0 Å². The lowest BCUT2D eigenvalue weighted by molar-refractivity contribution is 0.304. The third-order valence-corrected chi connectivity index (χ3v) is 4.56. The molecule has 1 aromatic carbocycles. The highest BCUT2D eigenvalue weighted by atomic mass is 16.3. The largest absolute Gasteiger partial charge is 0.507 e. The van der Waals surface area contributed by atoms with Crippen LogP contribution in [0.1, 0.15) is 49.7 Å². The minimum atomic E-state index is 0.373. The predicted octanol–water partition coefficient (Wildman–Crippen LogP) is 3.84. The molecule has 0 bridgehead atoms. The zero-order valence-electron chi connectivity index (χ0n) is 11.0. The summed E-state index contributed by atoms with van der Waals surface area (Å²) in [6.07, 6.45) is 9.90. The van der Waals surface area contributed by atoms with Crippen LogP contribution in [0.4, 0.5) is 0 Å². The van der Waals surface area contributed by atoms with E-state index in [9.17, 15) is 5.11 Å². The predicted molar refractivity (Wildman–Crippen MR) is 74.4 cm³/mol. The van der Waals surface area contributed by atoms with Crippen molar-refractivity contribution in [1.29, 1.82) is 0 Å². The summed E-state index contributed by atoms with van der Waals surface area (Å²) in [6.45, 7) is 1.92. The number of nitrogens with zero attached hydrogens (tertiary/aromatic N) is 1. The van der Waals surface area contributed by atoms with Crippen LogP contribution in [0.5, 0.6) is 5.75 Å². The van der Waals surface area contributed by atoms with Gasteiger partial charge in [-0.2, -0.15) is 0 Å². The van der Waals surface area contributed by atoms with Crippen LogP contribution >= 0.6 is 0 Å². The van der Waals surface area contributed by atoms with Crippen molar-refractivity contribution < 1.29 is 5.11 Å². The van der Waals surface area contributed by atoms with Crippen LogP contribution in [-0.2, 0) is 0 Å². The maximum Gasteiger partial charge on any atom is 0.127 e. The Morgan fingerprint density at radius 3 is 2.94 bits per heavy atom. The number of benzene rings is 1. The van der Waals surface area contributed by atoms with E-state index in [1.54, 1.807) is 0 Å². The van der Waals surface area contributed by atoms with E-state index < -0.39 is 0 Å². The zero-order valence-corrected chi connectivity index (χ0v) is 11.0. The van der Waals surface area contributed by atoms with Gasteiger partial charge in [0.25, 0.3) is 0 Å². The van der Waals surface area contributed by atoms with E-state index in [4.69, 9.17) is 4.99 Å². The van der Waals surface area contributed by atoms with Gasteiger partial charge < -0.3 is 5.11 Å². The van der Waals surface area contributed by atoms with Crippen molar-refractivity contribution in [2.24, 2.45) is 10.4 Å². The normalized spacial score (nSPS) is 25.7. The first-order chi connectivity index (χ1) is 8.69. The number of aryl methyl sites for hydroxylation is 1. The van der Waals surface area contributed by atoms with Crippen molar-refractivity contribution >= 4 is 6.21 Å². The monoisotopic (exact) mass is 243 g/mol. The molecule has 0 amide bonds. The lowest BCUT2D eigenvalue weighted by atomic mass is 9.83. The molecule has 0 radical (unpaired) electrons. The Morgan fingerprint density at radius 2 is 2.17 bits per heavy atom. The first-order valence-corrected chi connectivity index (χ1v) is 7.00. The first kappa shape index (κ1) is 11.8. The molecule has 2 aliphatic carbocycles. The van der Waals surface area contributed by atoms with Crippen LogP contribution in [0.25, 0.3) is 0 Å². The standard InChI is InChI=1S/C16H21NO/c1-12-4-2-5-13(15(12)18)11-17-14-6-3-7-16(10-14)8-9-16/h2,4-5,11,14,18H,3,6-10H2,1H3. The molecule has 2 aliphatic rings. The fourth-order valence-electron chi connectivity index (χ4n) is 3.15. The summed E-state index contributed by atoms with van der Waals surface area (Å²) in [4.78, 5) is 4.71. The summed E-state index contributed by atoms with van der Waals surface area (Å²) < 4.78 is 0. The number of para-hydroxylation sites is 1. The van der Waals surface area contributed by atoms with Crippen LogP contribution in [0, 0.1) is 12.3 Å². The van der Waals surface area contributed by atoms with Crippen LogP contribution in [-0.4, -0.2) is 17.4 Å². The number of hydrogen-bond acceptors (Lipinski definition) is 2. The SMILES string of the molecule is Cc1cccc(C=NC2CCCC3(CC3)C2)c1O. The number of aliphatic imine (C=N–C) groups is 1. The second-order valence-corrected chi connectivity index (χ2v) is 6.04. The Morgan fingerprint density at radius 1 is 1.33 bits per heavy atom. The molecule has 1 unspecified atom stereocenters. The number of aromatic hydroxyl groups is 1. The first-order valence-electron chi connectivity index (χ1n) is 7.00. The Bertz CT molecular complexity index is 474. The van der Waals surface area contributed by atoms with Crippen molar-refractivity contribution in [3.05, 3.63) is 29.3 Å². The molecule has 2 saturated carbocycles. The Kier molecular flexibility index (Phi) is 2.89. The average molecular weight is 243 g/mol. The second kappa shape index (κ2) is 4.42. The highest BCUT2D eigenvalue weighted by Gasteiger charge is 2.45. The van der Waals surface area contributed by atoms with Crippen LogP contribution < -0.4 is 0 Å². The summed E-state index contributed by atoms with van der Waals surface area (Å²) in [7, 11) is 0. The topological polar surface area (TPSA) is 32.6 Å². The lowest BCUT2D eigenvalue weighted by Crippen LogP contribution is -2.19. The van der Waals surface area contributed by atoms with Gasteiger partial charge in [0.1, 0.15) is 5.75 Å². The van der Waals surface area contributed by atoms with Gasteiger partial charge in [-0.05, 0) is 56.1 Å². The molecule has 0 heterocycles. The van der Waals surface area contributed by atoms with Crippen molar-refractivity contribution in [3.63, 3.8) is 0 Å². The number of rotatable bonds is 2. The van der Waals surface area contributed by atoms with E-state index in [1.807, 2.05) is 31.3 Å². The smallest absolute Gasteiger partial charge is 0.127 e. The van der Waals surface area contributed by atoms with Crippen LogP contribution in [0.2, 0.25) is 0 Å². The van der Waals surface area contributed by atoms with E-state index in [0.29, 0.717) is 17.2 Å². The van der Waals surface area contributed by atoms with E-state index in [0.717, 1.165) is 11.1 Å². The highest BCUT2D eigenvalue weighted by Crippen LogP contribution is 2.56. The van der Waals surface area contributed by atoms with Gasteiger partial charge in [-0.1, -0.05) is 18.6 Å². The van der Waals surface area contributed by atoms with Crippen LogP contribution in [0.3, 0.4) is 0 Å². The van der Waals surface area contributed by atoms with Crippen molar-refractivity contribution in [2.45, 2.75) is 51.5 Å². The van der Waals surface area contributed by atoms with Gasteiger partial charge in [-0.15, -0.1) is 0 Å². The minimum Gasteiger partial charge on any atom is -0.507 e. The molecule has 1 aromatic rings. The molecule has 3 rings (SSSR count). The zero-order chi connectivity index (χ0) is 12.6. The maximum absolute atomic E-state index is 9.95. The molecule has 0 saturated heterocycles. The summed E-state index contributed by atoms with van der Waals surface area (Å²) >= 11 is 0.